The lowest BCUT2D eigenvalue weighted by Gasteiger charge is -2.39. The quantitative estimate of drug-likeness (QED) is 0.800. The van der Waals surface area contributed by atoms with Gasteiger partial charge in [-0.15, -0.1) is 0 Å². The maximum atomic E-state index is 12.3. The highest BCUT2D eigenvalue weighted by molar-refractivity contribution is 5.81. The Morgan fingerprint density at radius 3 is 2.30 bits per heavy atom. The molecule has 0 radical (unpaired) electrons. The number of hydrogen-bond donors (Lipinski definition) is 1. The third-order valence-corrected chi connectivity index (χ3v) is 3.78. The van der Waals surface area contributed by atoms with Gasteiger partial charge < -0.3 is 15.5 Å². The number of aryl methyl sites for hydroxylation is 1. The molecule has 1 amide bonds. The molecule has 2 N–H and O–H groups in total. The monoisotopic (exact) mass is 275 g/mol. The zero-order valence-electron chi connectivity index (χ0n) is 12.9. The number of nitrogens with zero attached hydrogens (tertiary/aromatic N) is 2. The molecule has 1 aliphatic heterocycles. The molecular weight excluding hydrogens is 250 g/mol. The second kappa shape index (κ2) is 5.35. The Bertz CT molecular complexity index is 497. The smallest absolute Gasteiger partial charge is 0.228 e. The Balaban J connectivity index is 2.05. The van der Waals surface area contributed by atoms with Gasteiger partial charge in [-0.3, -0.25) is 4.79 Å². The lowest BCUT2D eigenvalue weighted by molar-refractivity contribution is -0.139. The van der Waals surface area contributed by atoms with E-state index in [1.165, 1.54) is 11.3 Å². The molecule has 1 aliphatic rings. The molecule has 1 aromatic carbocycles. The minimum Gasteiger partial charge on any atom is -0.399 e. The molecule has 0 spiro atoms. The van der Waals surface area contributed by atoms with Crippen molar-refractivity contribution in [2.75, 3.05) is 36.8 Å². The molecular formula is C16H25N3O. The van der Waals surface area contributed by atoms with Gasteiger partial charge in [0.15, 0.2) is 0 Å². The fourth-order valence-corrected chi connectivity index (χ4v) is 2.59. The lowest BCUT2D eigenvalue weighted by atomic mass is 9.94. The van der Waals surface area contributed by atoms with E-state index in [4.69, 9.17) is 5.73 Å². The van der Waals surface area contributed by atoms with Crippen LogP contribution in [0.2, 0.25) is 0 Å². The lowest BCUT2D eigenvalue weighted by Crippen LogP contribution is -2.51. The predicted molar refractivity (Wildman–Crippen MR) is 83.8 cm³/mol. The van der Waals surface area contributed by atoms with Gasteiger partial charge in [-0.1, -0.05) is 26.8 Å². The van der Waals surface area contributed by atoms with Crippen LogP contribution < -0.4 is 10.6 Å². The average Bonchev–Trinajstić information content (AvgIpc) is 2.40. The summed E-state index contributed by atoms with van der Waals surface area (Å²) in [4.78, 5) is 16.6. The van der Waals surface area contributed by atoms with Gasteiger partial charge in [-0.25, -0.2) is 0 Å². The van der Waals surface area contributed by atoms with Crippen LogP contribution in [0.1, 0.15) is 26.3 Å². The highest BCUT2D eigenvalue weighted by atomic mass is 16.2. The molecule has 4 nitrogen and oxygen atoms in total. The minimum absolute atomic E-state index is 0.237. The number of benzene rings is 1. The molecule has 1 fully saturated rings. The van der Waals surface area contributed by atoms with Crippen LogP contribution in [0.15, 0.2) is 18.2 Å². The Hall–Kier alpha value is -1.71. The molecule has 0 unspecified atom stereocenters. The molecule has 20 heavy (non-hydrogen) atoms. The number of anilines is 2. The number of piperazine rings is 1. The van der Waals surface area contributed by atoms with Gasteiger partial charge in [0.25, 0.3) is 0 Å². The summed E-state index contributed by atoms with van der Waals surface area (Å²) in [6.45, 7) is 11.3. The van der Waals surface area contributed by atoms with E-state index in [1.54, 1.807) is 0 Å². The molecule has 0 aromatic heterocycles. The van der Waals surface area contributed by atoms with Gasteiger partial charge >= 0.3 is 0 Å². The van der Waals surface area contributed by atoms with Gasteiger partial charge in [-0.2, -0.15) is 0 Å². The van der Waals surface area contributed by atoms with Crippen molar-refractivity contribution in [2.24, 2.45) is 5.41 Å². The van der Waals surface area contributed by atoms with Crippen molar-refractivity contribution in [1.82, 2.24) is 4.90 Å². The second-order valence-corrected chi connectivity index (χ2v) is 6.58. The molecule has 1 aromatic rings. The van der Waals surface area contributed by atoms with Crippen LogP contribution in [-0.2, 0) is 4.79 Å². The van der Waals surface area contributed by atoms with E-state index in [2.05, 4.69) is 17.9 Å². The first-order valence-electron chi connectivity index (χ1n) is 7.19. The number of nitrogen functional groups attached to an aromatic ring is 1. The first-order valence-corrected chi connectivity index (χ1v) is 7.19. The van der Waals surface area contributed by atoms with Crippen LogP contribution in [-0.4, -0.2) is 37.0 Å². The van der Waals surface area contributed by atoms with E-state index < -0.39 is 0 Å². The van der Waals surface area contributed by atoms with Gasteiger partial charge in [0.05, 0.1) is 0 Å². The van der Waals surface area contributed by atoms with Crippen molar-refractivity contribution in [3.05, 3.63) is 23.8 Å². The number of carbonyl (C=O) groups is 1. The van der Waals surface area contributed by atoms with Crippen LogP contribution in [0.3, 0.4) is 0 Å². The molecule has 4 heteroatoms. The topological polar surface area (TPSA) is 49.6 Å². The van der Waals surface area contributed by atoms with Crippen molar-refractivity contribution in [3.63, 3.8) is 0 Å². The summed E-state index contributed by atoms with van der Waals surface area (Å²) in [6.07, 6.45) is 0. The maximum absolute atomic E-state index is 12.3. The van der Waals surface area contributed by atoms with E-state index in [-0.39, 0.29) is 11.3 Å². The van der Waals surface area contributed by atoms with E-state index in [1.807, 2.05) is 37.8 Å². The molecule has 0 bridgehead atoms. The molecule has 0 aliphatic carbocycles. The van der Waals surface area contributed by atoms with Crippen molar-refractivity contribution >= 4 is 17.3 Å². The zero-order chi connectivity index (χ0) is 14.9. The van der Waals surface area contributed by atoms with Crippen molar-refractivity contribution in [2.45, 2.75) is 27.7 Å². The predicted octanol–water partition coefficient (Wildman–Crippen LogP) is 2.27. The average molecular weight is 275 g/mol. The largest absolute Gasteiger partial charge is 0.399 e. The van der Waals surface area contributed by atoms with Crippen molar-refractivity contribution in [1.29, 1.82) is 0 Å². The Morgan fingerprint density at radius 2 is 1.75 bits per heavy atom. The Kier molecular flexibility index (Phi) is 3.93. The van der Waals surface area contributed by atoms with Crippen molar-refractivity contribution in [3.8, 4) is 0 Å². The molecule has 0 atom stereocenters. The third kappa shape index (κ3) is 3.06. The number of carbonyl (C=O) groups excluding carboxylic acids is 1. The van der Waals surface area contributed by atoms with Crippen LogP contribution >= 0.6 is 0 Å². The van der Waals surface area contributed by atoms with Gasteiger partial charge in [0, 0.05) is 43.0 Å². The van der Waals surface area contributed by atoms with Crippen LogP contribution in [0, 0.1) is 12.3 Å². The summed E-state index contributed by atoms with van der Waals surface area (Å²) in [5.74, 6) is 0.237. The summed E-state index contributed by atoms with van der Waals surface area (Å²) in [7, 11) is 0. The third-order valence-electron chi connectivity index (χ3n) is 3.78. The highest BCUT2D eigenvalue weighted by Gasteiger charge is 2.29. The van der Waals surface area contributed by atoms with E-state index in [0.29, 0.717) is 0 Å². The molecule has 0 saturated carbocycles. The van der Waals surface area contributed by atoms with Gasteiger partial charge in [-0.05, 0) is 24.6 Å². The summed E-state index contributed by atoms with van der Waals surface area (Å²) in [5, 5.41) is 0. The first kappa shape index (κ1) is 14.7. The Morgan fingerprint density at radius 1 is 1.15 bits per heavy atom. The van der Waals surface area contributed by atoms with Crippen molar-refractivity contribution < 1.29 is 4.79 Å². The molecule has 110 valence electrons. The SMILES string of the molecule is Cc1ccc(N)cc1N1CCN(C(=O)C(C)(C)C)CC1. The number of rotatable bonds is 1. The summed E-state index contributed by atoms with van der Waals surface area (Å²) in [5.41, 5.74) is 8.79. The fourth-order valence-electron chi connectivity index (χ4n) is 2.59. The minimum atomic E-state index is -0.296. The summed E-state index contributed by atoms with van der Waals surface area (Å²) < 4.78 is 0. The standard InChI is InChI=1S/C16H25N3O/c1-12-5-6-13(17)11-14(12)18-7-9-19(10-8-18)15(20)16(2,3)4/h5-6,11H,7-10,17H2,1-4H3. The normalized spacial score (nSPS) is 16.4. The number of amides is 1. The number of hydrogen-bond acceptors (Lipinski definition) is 3. The fraction of sp³-hybridized carbons (Fsp3) is 0.562. The van der Waals surface area contributed by atoms with Crippen LogP contribution in [0.4, 0.5) is 11.4 Å². The molecule has 2 rings (SSSR count). The summed E-state index contributed by atoms with van der Waals surface area (Å²) >= 11 is 0. The van der Waals surface area contributed by atoms with Crippen LogP contribution in [0.25, 0.3) is 0 Å². The first-order chi connectivity index (χ1) is 9.29. The van der Waals surface area contributed by atoms with E-state index >= 15 is 0 Å². The Labute approximate surface area is 121 Å². The van der Waals surface area contributed by atoms with E-state index in [9.17, 15) is 4.79 Å². The molecule has 1 saturated heterocycles. The molecule has 1 heterocycles. The van der Waals surface area contributed by atoms with Gasteiger partial charge in [0.1, 0.15) is 0 Å². The number of nitrogens with two attached hydrogens (primary N) is 1. The second-order valence-electron chi connectivity index (χ2n) is 6.58. The van der Waals surface area contributed by atoms with Gasteiger partial charge in [0.2, 0.25) is 5.91 Å². The zero-order valence-corrected chi connectivity index (χ0v) is 12.9. The van der Waals surface area contributed by atoms with Crippen LogP contribution in [0.5, 0.6) is 0 Å². The van der Waals surface area contributed by atoms with E-state index in [0.717, 1.165) is 31.9 Å². The maximum Gasteiger partial charge on any atom is 0.228 e. The summed E-state index contributed by atoms with van der Waals surface area (Å²) in [6, 6.07) is 6.01. The highest BCUT2D eigenvalue weighted by Crippen LogP contribution is 2.25.